The van der Waals surface area contributed by atoms with Gasteiger partial charge < -0.3 is 29.3 Å². The lowest BCUT2D eigenvalue weighted by Crippen LogP contribution is -2.57. The lowest BCUT2D eigenvalue weighted by atomic mass is 9.71. The van der Waals surface area contributed by atoms with E-state index < -0.39 is 35.5 Å². The van der Waals surface area contributed by atoms with Crippen molar-refractivity contribution >= 4 is 11.7 Å². The first-order valence-electron chi connectivity index (χ1n) is 14.4. The van der Waals surface area contributed by atoms with E-state index in [0.717, 1.165) is 19.3 Å². The Balaban J connectivity index is 1.53. The number of carbonyl (C=O) groups is 1. The second kappa shape index (κ2) is 11.0. The molecule has 8 nitrogen and oxygen atoms in total. The van der Waals surface area contributed by atoms with Crippen molar-refractivity contribution < 1.29 is 34.1 Å². The molecule has 9 atom stereocenters. The highest BCUT2D eigenvalue weighted by Crippen LogP contribution is 2.46. The van der Waals surface area contributed by atoms with Crippen LogP contribution < -0.4 is 0 Å². The highest BCUT2D eigenvalue weighted by Gasteiger charge is 2.59. The number of hydrogen-bond donors (Lipinski definition) is 2. The lowest BCUT2D eigenvalue weighted by molar-refractivity contribution is -0.332. The van der Waals surface area contributed by atoms with E-state index in [4.69, 9.17) is 18.9 Å². The average Bonchev–Trinajstić information content (AvgIpc) is 3.21. The number of oxime groups is 1. The summed E-state index contributed by atoms with van der Waals surface area (Å²) in [4.78, 5) is 13.9. The summed E-state index contributed by atoms with van der Waals surface area (Å²) in [6.07, 6.45) is 12.6. The van der Waals surface area contributed by atoms with Crippen molar-refractivity contribution in [3.8, 4) is 0 Å². The number of aliphatic hydroxyl groups is 1. The van der Waals surface area contributed by atoms with Crippen LogP contribution in [0.15, 0.2) is 52.3 Å². The number of carbonyl (C=O) groups excluding carboxylic acids is 1. The molecule has 1 spiro atoms. The molecule has 3 fully saturated rings. The lowest BCUT2D eigenvalue weighted by Gasteiger charge is -2.49. The Morgan fingerprint density at radius 2 is 1.92 bits per heavy atom. The minimum absolute atomic E-state index is 0.0431. The van der Waals surface area contributed by atoms with Gasteiger partial charge in [0.1, 0.15) is 29.4 Å². The normalized spacial score (nSPS) is 47.8. The molecule has 1 aliphatic carbocycles. The standard InChI is InChI=1S/C31H43NO7/c1-18-7-6-8-23-17-36-28-27(32-35)21(4)14-26(31(23,28)34)29(33)37-25-15-24(10-9-19(2)13-18)39-30(16-25)12-11-20(3)22(5)38-30/h6-9,14,18,20,22,24-26,28,34-35H,10-13,15-17H2,1-5H3/b7-6-,19-9-,23-8-,32-27-/t18-,20-,22+,24+,25-,26-,28+,30-,31+/m0/s1. The number of nitrogens with zero attached hydrogens (tertiary/aromatic N) is 1. The molecule has 39 heavy (non-hydrogen) atoms. The highest BCUT2D eigenvalue weighted by molar-refractivity contribution is 6.06. The van der Waals surface area contributed by atoms with Gasteiger partial charge in [0.05, 0.1) is 18.8 Å². The zero-order chi connectivity index (χ0) is 27.9. The highest BCUT2D eigenvalue weighted by atomic mass is 16.7. The average molecular weight is 542 g/mol. The van der Waals surface area contributed by atoms with Crippen LogP contribution in [0.25, 0.3) is 0 Å². The molecule has 0 saturated carbocycles. The second-order valence-corrected chi connectivity index (χ2v) is 12.4. The number of fused-ring (bicyclic) bond motifs is 2. The summed E-state index contributed by atoms with van der Waals surface area (Å²) < 4.78 is 25.3. The molecule has 4 heterocycles. The van der Waals surface area contributed by atoms with E-state index in [0.29, 0.717) is 36.3 Å². The van der Waals surface area contributed by atoms with Gasteiger partial charge in [-0.05, 0) is 63.0 Å². The predicted octanol–water partition coefficient (Wildman–Crippen LogP) is 5.00. The summed E-state index contributed by atoms with van der Waals surface area (Å²) in [7, 11) is 0. The van der Waals surface area contributed by atoms with Gasteiger partial charge in [-0.3, -0.25) is 4.79 Å². The first-order valence-corrected chi connectivity index (χ1v) is 14.4. The maximum absolute atomic E-state index is 13.9. The van der Waals surface area contributed by atoms with Gasteiger partial charge in [-0.25, -0.2) is 0 Å². The van der Waals surface area contributed by atoms with Crippen molar-refractivity contribution in [3.05, 3.63) is 47.1 Å². The van der Waals surface area contributed by atoms with E-state index in [2.05, 4.69) is 45.0 Å². The van der Waals surface area contributed by atoms with Gasteiger partial charge in [-0.2, -0.15) is 0 Å². The predicted molar refractivity (Wildman–Crippen MR) is 146 cm³/mol. The van der Waals surface area contributed by atoms with Crippen LogP contribution in [-0.2, 0) is 23.7 Å². The zero-order valence-corrected chi connectivity index (χ0v) is 23.8. The van der Waals surface area contributed by atoms with Gasteiger partial charge in [-0.1, -0.05) is 55.0 Å². The van der Waals surface area contributed by atoms with E-state index in [1.54, 1.807) is 13.0 Å². The van der Waals surface area contributed by atoms with Gasteiger partial charge in [0, 0.05) is 19.3 Å². The van der Waals surface area contributed by atoms with Crippen molar-refractivity contribution in [1.82, 2.24) is 0 Å². The van der Waals surface area contributed by atoms with Crippen LogP contribution in [0.4, 0.5) is 0 Å². The molecule has 4 aliphatic heterocycles. The molecule has 5 aliphatic rings. The maximum atomic E-state index is 13.9. The van der Waals surface area contributed by atoms with Crippen LogP contribution >= 0.6 is 0 Å². The molecule has 5 rings (SSSR count). The number of esters is 1. The van der Waals surface area contributed by atoms with Crippen LogP contribution in [0.5, 0.6) is 0 Å². The van der Waals surface area contributed by atoms with Crippen molar-refractivity contribution in [2.24, 2.45) is 22.9 Å². The molecule has 0 radical (unpaired) electrons. The number of rotatable bonds is 0. The Hall–Kier alpha value is -2.26. The quantitative estimate of drug-likeness (QED) is 0.192. The zero-order valence-electron chi connectivity index (χ0n) is 23.8. The molecular formula is C31H43NO7. The van der Waals surface area contributed by atoms with Crippen molar-refractivity contribution in [2.45, 2.75) is 109 Å². The van der Waals surface area contributed by atoms with Crippen LogP contribution in [0.3, 0.4) is 0 Å². The van der Waals surface area contributed by atoms with Gasteiger partial charge in [0.25, 0.3) is 0 Å². The van der Waals surface area contributed by atoms with Crippen molar-refractivity contribution in [3.63, 3.8) is 0 Å². The van der Waals surface area contributed by atoms with Gasteiger partial charge >= 0.3 is 5.97 Å². The van der Waals surface area contributed by atoms with Crippen LogP contribution in [-0.4, -0.2) is 64.4 Å². The molecule has 0 aromatic rings. The van der Waals surface area contributed by atoms with E-state index in [1.165, 1.54) is 5.57 Å². The fourth-order valence-corrected chi connectivity index (χ4v) is 6.85. The molecular weight excluding hydrogens is 498 g/mol. The molecule has 3 saturated heterocycles. The SMILES string of the molecule is CC1=C[C@H]2C(=O)O[C@H]3C[C@@H](C/C=C(/C)C[C@@H](C)/C=C\C=C4\CO[C@H](/C1=N\O)[C@@]42O)O[C@@]1(CC[C@H](C)[C@@H](C)O1)C3. The van der Waals surface area contributed by atoms with Crippen LogP contribution in [0.2, 0.25) is 0 Å². The number of hydrogen-bond acceptors (Lipinski definition) is 8. The molecule has 0 aromatic heterocycles. The smallest absolute Gasteiger partial charge is 0.316 e. The molecule has 8 heteroatoms. The molecule has 2 bridgehead atoms. The third-order valence-electron chi connectivity index (χ3n) is 9.25. The molecule has 2 N–H and O–H groups in total. The van der Waals surface area contributed by atoms with E-state index in [-0.39, 0.29) is 30.4 Å². The topological polar surface area (TPSA) is 107 Å². The maximum Gasteiger partial charge on any atom is 0.316 e. The van der Waals surface area contributed by atoms with Crippen molar-refractivity contribution in [2.75, 3.05) is 6.61 Å². The third-order valence-corrected chi connectivity index (χ3v) is 9.25. The Kier molecular flexibility index (Phi) is 7.94. The Labute approximate surface area is 231 Å². The van der Waals surface area contributed by atoms with Gasteiger partial charge in [0.15, 0.2) is 5.79 Å². The summed E-state index contributed by atoms with van der Waals surface area (Å²) in [5, 5.41) is 25.2. The van der Waals surface area contributed by atoms with E-state index in [9.17, 15) is 15.1 Å². The fraction of sp³-hybridized carbons (Fsp3) is 0.677. The summed E-state index contributed by atoms with van der Waals surface area (Å²) in [6.45, 7) is 10.4. The van der Waals surface area contributed by atoms with E-state index >= 15 is 0 Å². The molecule has 0 aromatic carbocycles. The monoisotopic (exact) mass is 541 g/mol. The van der Waals surface area contributed by atoms with Crippen LogP contribution in [0.1, 0.15) is 73.1 Å². The summed E-state index contributed by atoms with van der Waals surface area (Å²) in [6, 6.07) is 0. The number of ether oxygens (including phenoxy) is 4. The fourth-order valence-electron chi connectivity index (χ4n) is 6.85. The van der Waals surface area contributed by atoms with Gasteiger partial charge in [-0.15, -0.1) is 0 Å². The number of allylic oxidation sites excluding steroid dienone is 4. The van der Waals surface area contributed by atoms with Crippen LogP contribution in [0, 0.1) is 17.8 Å². The minimum atomic E-state index is -1.72. The molecule has 0 unspecified atom stereocenters. The summed E-state index contributed by atoms with van der Waals surface area (Å²) in [5.74, 6) is -1.62. The second-order valence-electron chi connectivity index (χ2n) is 12.4. The first kappa shape index (κ1) is 28.3. The Morgan fingerprint density at radius 3 is 2.67 bits per heavy atom. The summed E-state index contributed by atoms with van der Waals surface area (Å²) >= 11 is 0. The molecule has 214 valence electrons. The summed E-state index contributed by atoms with van der Waals surface area (Å²) in [5.41, 5.74) is 0.916. The molecule has 0 amide bonds. The van der Waals surface area contributed by atoms with Gasteiger partial charge in [0.2, 0.25) is 0 Å². The Bertz CT molecular complexity index is 1120. The largest absolute Gasteiger partial charge is 0.462 e. The van der Waals surface area contributed by atoms with Crippen molar-refractivity contribution in [1.29, 1.82) is 0 Å². The third kappa shape index (κ3) is 5.41. The first-order chi connectivity index (χ1) is 18.5. The minimum Gasteiger partial charge on any atom is -0.462 e. The Morgan fingerprint density at radius 1 is 1.13 bits per heavy atom. The van der Waals surface area contributed by atoms with E-state index in [1.807, 2.05) is 12.2 Å².